The molecule has 3 nitrogen and oxygen atoms in total. The summed E-state index contributed by atoms with van der Waals surface area (Å²) in [5.41, 5.74) is 5.62. The highest BCUT2D eigenvalue weighted by Gasteiger charge is 2.29. The lowest BCUT2D eigenvalue weighted by Crippen LogP contribution is -2.50. The van der Waals surface area contributed by atoms with Crippen molar-refractivity contribution < 1.29 is 4.79 Å². The number of rotatable bonds is 6. The molecule has 3 heteroatoms. The Hall–Kier alpha value is -0.730. The van der Waals surface area contributed by atoms with E-state index in [-0.39, 0.29) is 6.03 Å². The number of nitrogens with two attached hydrogens (primary N) is 1. The van der Waals surface area contributed by atoms with Crippen molar-refractivity contribution in [1.82, 2.24) is 4.90 Å². The molecule has 100 valence electrons. The number of nitrogens with zero attached hydrogens (tertiary/aromatic N) is 1. The maximum atomic E-state index is 11.7. The standard InChI is InChI=1S/C14H28N2O/c1-3-8-12(9-4-2)16(14(15)17)13-10-6-5-7-11-13/h12-13H,3-11H2,1-2H3,(H2,15,17). The van der Waals surface area contributed by atoms with E-state index in [2.05, 4.69) is 13.8 Å². The molecule has 1 fully saturated rings. The maximum absolute atomic E-state index is 11.7. The third-order valence-electron chi connectivity index (χ3n) is 3.86. The van der Waals surface area contributed by atoms with E-state index in [0.717, 1.165) is 38.5 Å². The lowest BCUT2D eigenvalue weighted by molar-refractivity contribution is 0.120. The summed E-state index contributed by atoms with van der Waals surface area (Å²) in [5, 5.41) is 0. The topological polar surface area (TPSA) is 46.3 Å². The molecule has 0 spiro atoms. The van der Waals surface area contributed by atoms with E-state index in [4.69, 9.17) is 5.73 Å². The molecular weight excluding hydrogens is 212 g/mol. The van der Waals surface area contributed by atoms with Crippen molar-refractivity contribution in [3.63, 3.8) is 0 Å². The average Bonchev–Trinajstić information content (AvgIpc) is 2.31. The van der Waals surface area contributed by atoms with Crippen LogP contribution in [-0.2, 0) is 0 Å². The molecule has 0 atom stereocenters. The number of urea groups is 1. The lowest BCUT2D eigenvalue weighted by Gasteiger charge is -2.39. The van der Waals surface area contributed by atoms with Crippen LogP contribution < -0.4 is 5.73 Å². The number of hydrogen-bond acceptors (Lipinski definition) is 1. The predicted molar refractivity (Wildman–Crippen MR) is 71.9 cm³/mol. The van der Waals surface area contributed by atoms with Crippen LogP contribution in [0.3, 0.4) is 0 Å². The second kappa shape index (κ2) is 7.57. The number of amides is 2. The fraction of sp³-hybridized carbons (Fsp3) is 0.929. The SMILES string of the molecule is CCCC(CCC)N(C(N)=O)C1CCCCC1. The summed E-state index contributed by atoms with van der Waals surface area (Å²) in [6.45, 7) is 4.37. The largest absolute Gasteiger partial charge is 0.351 e. The Balaban J connectivity index is 2.69. The smallest absolute Gasteiger partial charge is 0.315 e. The zero-order valence-corrected chi connectivity index (χ0v) is 11.5. The lowest BCUT2D eigenvalue weighted by atomic mass is 9.92. The molecule has 0 saturated heterocycles. The molecule has 0 aromatic carbocycles. The minimum absolute atomic E-state index is 0.205. The van der Waals surface area contributed by atoms with E-state index in [1.807, 2.05) is 4.90 Å². The summed E-state index contributed by atoms with van der Waals surface area (Å²) in [5.74, 6) is 0. The van der Waals surface area contributed by atoms with E-state index in [1.54, 1.807) is 0 Å². The van der Waals surface area contributed by atoms with Crippen LogP contribution in [0.5, 0.6) is 0 Å². The zero-order valence-electron chi connectivity index (χ0n) is 11.5. The molecule has 0 aromatic rings. The van der Waals surface area contributed by atoms with Gasteiger partial charge in [0, 0.05) is 12.1 Å². The van der Waals surface area contributed by atoms with E-state index in [9.17, 15) is 4.79 Å². The molecule has 0 heterocycles. The quantitative estimate of drug-likeness (QED) is 0.756. The summed E-state index contributed by atoms with van der Waals surface area (Å²) in [6, 6.07) is 0.568. The van der Waals surface area contributed by atoms with Gasteiger partial charge < -0.3 is 10.6 Å². The molecule has 2 amide bonds. The van der Waals surface area contributed by atoms with E-state index in [0.29, 0.717) is 12.1 Å². The van der Waals surface area contributed by atoms with Crippen LogP contribution >= 0.6 is 0 Å². The van der Waals surface area contributed by atoms with E-state index >= 15 is 0 Å². The Kier molecular flexibility index (Phi) is 6.38. The molecule has 1 aliphatic carbocycles. The minimum atomic E-state index is -0.205. The van der Waals surface area contributed by atoms with Crippen molar-refractivity contribution in [1.29, 1.82) is 0 Å². The van der Waals surface area contributed by atoms with Crippen molar-refractivity contribution in [3.8, 4) is 0 Å². The first kappa shape index (κ1) is 14.3. The fourth-order valence-electron chi connectivity index (χ4n) is 3.11. The van der Waals surface area contributed by atoms with Crippen LogP contribution in [0.1, 0.15) is 71.6 Å². The highest BCUT2D eigenvalue weighted by molar-refractivity contribution is 5.72. The van der Waals surface area contributed by atoms with Gasteiger partial charge in [-0.15, -0.1) is 0 Å². The number of hydrogen-bond donors (Lipinski definition) is 1. The Morgan fingerprint density at radius 1 is 1.18 bits per heavy atom. The summed E-state index contributed by atoms with van der Waals surface area (Å²) in [7, 11) is 0. The number of carbonyl (C=O) groups excluding carboxylic acids is 1. The van der Waals surface area contributed by atoms with Gasteiger partial charge in [-0.25, -0.2) is 4.79 Å². The Labute approximate surface area is 106 Å². The molecular formula is C14H28N2O. The molecule has 1 saturated carbocycles. The summed E-state index contributed by atoms with van der Waals surface area (Å²) < 4.78 is 0. The van der Waals surface area contributed by atoms with Gasteiger partial charge in [-0.3, -0.25) is 0 Å². The first-order valence-corrected chi connectivity index (χ1v) is 7.28. The summed E-state index contributed by atoms with van der Waals surface area (Å²) in [4.78, 5) is 13.7. The fourth-order valence-corrected chi connectivity index (χ4v) is 3.11. The second-order valence-corrected chi connectivity index (χ2v) is 5.27. The van der Waals surface area contributed by atoms with Crippen molar-refractivity contribution in [2.75, 3.05) is 0 Å². The van der Waals surface area contributed by atoms with Crippen molar-refractivity contribution in [2.45, 2.75) is 83.7 Å². The molecule has 17 heavy (non-hydrogen) atoms. The van der Waals surface area contributed by atoms with Crippen LogP contribution in [0.25, 0.3) is 0 Å². The third-order valence-corrected chi connectivity index (χ3v) is 3.86. The molecule has 0 aliphatic heterocycles. The summed E-state index contributed by atoms with van der Waals surface area (Å²) >= 11 is 0. The molecule has 0 aromatic heterocycles. The molecule has 0 radical (unpaired) electrons. The first-order valence-electron chi connectivity index (χ1n) is 7.28. The van der Waals surface area contributed by atoms with Gasteiger partial charge >= 0.3 is 6.03 Å². The monoisotopic (exact) mass is 240 g/mol. The molecule has 2 N–H and O–H groups in total. The Morgan fingerprint density at radius 3 is 2.12 bits per heavy atom. The number of primary amides is 1. The minimum Gasteiger partial charge on any atom is -0.351 e. The van der Waals surface area contributed by atoms with Crippen LogP contribution in [0, 0.1) is 0 Å². The Morgan fingerprint density at radius 2 is 1.71 bits per heavy atom. The molecule has 1 aliphatic rings. The second-order valence-electron chi connectivity index (χ2n) is 5.27. The van der Waals surface area contributed by atoms with Crippen molar-refractivity contribution in [2.24, 2.45) is 5.73 Å². The van der Waals surface area contributed by atoms with Gasteiger partial charge in [-0.2, -0.15) is 0 Å². The van der Waals surface area contributed by atoms with Crippen molar-refractivity contribution in [3.05, 3.63) is 0 Å². The van der Waals surface area contributed by atoms with Crippen LogP contribution in [0.2, 0.25) is 0 Å². The predicted octanol–water partition coefficient (Wildman–Crippen LogP) is 3.67. The molecule has 0 bridgehead atoms. The van der Waals surface area contributed by atoms with E-state index < -0.39 is 0 Å². The van der Waals surface area contributed by atoms with Gasteiger partial charge in [-0.1, -0.05) is 46.0 Å². The van der Waals surface area contributed by atoms with Gasteiger partial charge in [0.1, 0.15) is 0 Å². The highest BCUT2D eigenvalue weighted by atomic mass is 16.2. The highest BCUT2D eigenvalue weighted by Crippen LogP contribution is 2.26. The average molecular weight is 240 g/mol. The maximum Gasteiger partial charge on any atom is 0.315 e. The van der Waals surface area contributed by atoms with Gasteiger partial charge in [0.15, 0.2) is 0 Å². The Bertz CT molecular complexity index is 218. The first-order chi connectivity index (χ1) is 8.20. The van der Waals surface area contributed by atoms with Crippen molar-refractivity contribution >= 4 is 6.03 Å². The third kappa shape index (κ3) is 4.21. The van der Waals surface area contributed by atoms with Crippen LogP contribution in [0.4, 0.5) is 4.79 Å². The van der Waals surface area contributed by atoms with Crippen LogP contribution in [0.15, 0.2) is 0 Å². The molecule has 0 unspecified atom stereocenters. The van der Waals surface area contributed by atoms with E-state index in [1.165, 1.54) is 19.3 Å². The molecule has 1 rings (SSSR count). The van der Waals surface area contributed by atoms with Gasteiger partial charge in [-0.05, 0) is 25.7 Å². The van der Waals surface area contributed by atoms with Gasteiger partial charge in [0.05, 0.1) is 0 Å². The number of carbonyl (C=O) groups is 1. The normalized spacial score (nSPS) is 17.4. The van der Waals surface area contributed by atoms with Crippen LogP contribution in [-0.4, -0.2) is 23.0 Å². The zero-order chi connectivity index (χ0) is 12.7. The van der Waals surface area contributed by atoms with Gasteiger partial charge in [0.2, 0.25) is 0 Å². The van der Waals surface area contributed by atoms with Gasteiger partial charge in [0.25, 0.3) is 0 Å². The summed E-state index contributed by atoms with van der Waals surface area (Å²) in [6.07, 6.45) is 10.5.